The predicted molar refractivity (Wildman–Crippen MR) is 78.7 cm³/mol. The number of hydroxylamine groups is 2. The Hall–Kier alpha value is -0.540. The first kappa shape index (κ1) is 16.5. The molecule has 1 aliphatic rings. The summed E-state index contributed by atoms with van der Waals surface area (Å²) in [5.41, 5.74) is 1.14. The van der Waals surface area contributed by atoms with Crippen LogP contribution in [0.2, 0.25) is 0 Å². The Bertz CT molecular complexity index is 372. The molecule has 0 fully saturated rings. The van der Waals surface area contributed by atoms with Gasteiger partial charge in [0.05, 0.1) is 6.10 Å². The maximum Gasteiger partial charge on any atom is 0.265 e. The molecule has 0 saturated heterocycles. The molecule has 0 aromatic heterocycles. The third kappa shape index (κ3) is 4.81. The van der Waals surface area contributed by atoms with Gasteiger partial charge in [-0.15, -0.1) is 11.6 Å². The summed E-state index contributed by atoms with van der Waals surface area (Å²) in [5, 5.41) is 1.40. The highest BCUT2D eigenvalue weighted by Gasteiger charge is 2.36. The van der Waals surface area contributed by atoms with Crippen molar-refractivity contribution in [3.05, 3.63) is 11.8 Å². The molecule has 0 radical (unpaired) electrons. The van der Waals surface area contributed by atoms with E-state index < -0.39 is 0 Å². The summed E-state index contributed by atoms with van der Waals surface area (Å²) >= 11 is 5.69. The first-order chi connectivity index (χ1) is 8.56. The normalized spacial score (nSPS) is 21.2. The largest absolute Gasteiger partial charge is 0.271 e. The van der Waals surface area contributed by atoms with E-state index in [1.807, 2.05) is 13.8 Å². The SMILES string of the molecule is CC(C)ON(C(=O)CCl)C1=CC(C)(C)CC(C)(C)C1. The highest BCUT2D eigenvalue weighted by Crippen LogP contribution is 2.45. The number of carbonyl (C=O) groups is 1. The number of nitrogens with zero attached hydrogens (tertiary/aromatic N) is 1. The number of allylic oxidation sites excluding steroid dienone is 2. The smallest absolute Gasteiger partial charge is 0.265 e. The molecule has 0 N–H and O–H groups in total. The van der Waals surface area contributed by atoms with Gasteiger partial charge in [-0.2, -0.15) is 5.06 Å². The molecule has 19 heavy (non-hydrogen) atoms. The van der Waals surface area contributed by atoms with Gasteiger partial charge in [0, 0.05) is 5.70 Å². The lowest BCUT2D eigenvalue weighted by atomic mass is 9.68. The highest BCUT2D eigenvalue weighted by atomic mass is 35.5. The van der Waals surface area contributed by atoms with Crippen molar-refractivity contribution < 1.29 is 9.63 Å². The molecular weight excluding hydrogens is 262 g/mol. The van der Waals surface area contributed by atoms with E-state index in [1.54, 1.807) is 0 Å². The number of amides is 1. The van der Waals surface area contributed by atoms with Crippen LogP contribution in [0.3, 0.4) is 0 Å². The molecule has 0 saturated carbocycles. The zero-order valence-corrected chi connectivity index (χ0v) is 13.7. The Labute approximate surface area is 121 Å². The summed E-state index contributed by atoms with van der Waals surface area (Å²) < 4.78 is 0. The topological polar surface area (TPSA) is 29.5 Å². The molecule has 4 heteroatoms. The maximum absolute atomic E-state index is 12.0. The van der Waals surface area contributed by atoms with Crippen LogP contribution in [0.1, 0.15) is 54.4 Å². The summed E-state index contributed by atoms with van der Waals surface area (Å²) in [6.45, 7) is 12.6. The molecule has 0 unspecified atom stereocenters. The minimum atomic E-state index is -0.199. The van der Waals surface area contributed by atoms with Crippen molar-refractivity contribution in [2.45, 2.75) is 60.5 Å². The molecule has 0 bridgehead atoms. The lowest BCUT2D eigenvalue weighted by Crippen LogP contribution is -2.39. The van der Waals surface area contributed by atoms with Gasteiger partial charge in [-0.25, -0.2) is 0 Å². The van der Waals surface area contributed by atoms with E-state index in [0.717, 1.165) is 18.5 Å². The van der Waals surface area contributed by atoms with Gasteiger partial charge >= 0.3 is 0 Å². The Morgan fingerprint density at radius 3 is 2.42 bits per heavy atom. The van der Waals surface area contributed by atoms with Crippen LogP contribution in [0.5, 0.6) is 0 Å². The van der Waals surface area contributed by atoms with E-state index >= 15 is 0 Å². The fraction of sp³-hybridized carbons (Fsp3) is 0.800. The van der Waals surface area contributed by atoms with Crippen LogP contribution in [-0.4, -0.2) is 23.0 Å². The monoisotopic (exact) mass is 287 g/mol. The number of carbonyl (C=O) groups excluding carboxylic acids is 1. The van der Waals surface area contributed by atoms with Gasteiger partial charge in [0.15, 0.2) is 0 Å². The molecule has 0 aromatic rings. The molecule has 0 aliphatic heterocycles. The second kappa shape index (κ2) is 5.84. The summed E-state index contributed by atoms with van der Waals surface area (Å²) in [7, 11) is 0. The average molecular weight is 288 g/mol. The second-order valence-electron chi connectivity index (χ2n) is 7.12. The minimum absolute atomic E-state index is 0.0544. The van der Waals surface area contributed by atoms with E-state index in [-0.39, 0.29) is 28.7 Å². The van der Waals surface area contributed by atoms with Crippen LogP contribution in [-0.2, 0) is 9.63 Å². The van der Waals surface area contributed by atoms with Crippen molar-refractivity contribution in [2.24, 2.45) is 10.8 Å². The van der Waals surface area contributed by atoms with Crippen LogP contribution in [0, 0.1) is 10.8 Å². The van der Waals surface area contributed by atoms with Gasteiger partial charge in [0.25, 0.3) is 5.91 Å². The number of halogens is 1. The van der Waals surface area contributed by atoms with Crippen molar-refractivity contribution in [2.75, 3.05) is 5.88 Å². The van der Waals surface area contributed by atoms with Crippen molar-refractivity contribution >= 4 is 17.5 Å². The average Bonchev–Trinajstić information content (AvgIpc) is 2.20. The van der Waals surface area contributed by atoms with E-state index in [0.29, 0.717) is 0 Å². The van der Waals surface area contributed by atoms with Gasteiger partial charge in [0.2, 0.25) is 0 Å². The fourth-order valence-corrected chi connectivity index (χ4v) is 3.13. The zero-order chi connectivity index (χ0) is 14.8. The number of hydrogen-bond acceptors (Lipinski definition) is 2. The summed E-state index contributed by atoms with van der Waals surface area (Å²) in [6, 6.07) is 0. The summed E-state index contributed by atoms with van der Waals surface area (Å²) in [5.74, 6) is -0.264. The van der Waals surface area contributed by atoms with Gasteiger partial charge in [-0.05, 0) is 37.5 Å². The van der Waals surface area contributed by atoms with Gasteiger partial charge in [0.1, 0.15) is 5.88 Å². The molecule has 1 aliphatic carbocycles. The molecule has 3 nitrogen and oxygen atoms in total. The van der Waals surface area contributed by atoms with Crippen LogP contribution in [0.25, 0.3) is 0 Å². The van der Waals surface area contributed by atoms with Crippen molar-refractivity contribution in [3.63, 3.8) is 0 Å². The molecule has 1 rings (SSSR count). The molecule has 110 valence electrons. The minimum Gasteiger partial charge on any atom is -0.271 e. The third-order valence-electron chi connectivity index (χ3n) is 3.07. The van der Waals surface area contributed by atoms with Crippen LogP contribution >= 0.6 is 11.6 Å². The summed E-state index contributed by atoms with van der Waals surface area (Å²) in [4.78, 5) is 17.7. The van der Waals surface area contributed by atoms with Crippen LogP contribution in [0.4, 0.5) is 0 Å². The molecule has 0 heterocycles. The standard InChI is InChI=1S/C15H26ClNO2/c1-11(2)19-17(13(18)9-16)12-7-14(3,4)10-15(5,6)8-12/h7,11H,8-10H2,1-6H3. The Morgan fingerprint density at radius 2 is 2.00 bits per heavy atom. The van der Waals surface area contributed by atoms with Crippen molar-refractivity contribution in [1.82, 2.24) is 5.06 Å². The predicted octanol–water partition coefficient (Wildman–Crippen LogP) is 4.12. The Balaban J connectivity index is 3.07. The van der Waals surface area contributed by atoms with E-state index in [2.05, 4.69) is 33.8 Å². The van der Waals surface area contributed by atoms with Crippen LogP contribution < -0.4 is 0 Å². The molecular formula is C15H26ClNO2. The zero-order valence-electron chi connectivity index (χ0n) is 12.9. The van der Waals surface area contributed by atoms with Crippen molar-refractivity contribution in [3.8, 4) is 0 Å². The molecule has 0 atom stereocenters. The number of rotatable bonds is 4. The highest BCUT2D eigenvalue weighted by molar-refractivity contribution is 6.27. The second-order valence-corrected chi connectivity index (χ2v) is 7.39. The van der Waals surface area contributed by atoms with Gasteiger partial charge < -0.3 is 0 Å². The van der Waals surface area contributed by atoms with E-state index in [1.165, 1.54) is 5.06 Å². The number of hydrogen-bond donors (Lipinski definition) is 0. The van der Waals surface area contributed by atoms with Crippen LogP contribution in [0.15, 0.2) is 11.8 Å². The Morgan fingerprint density at radius 1 is 1.42 bits per heavy atom. The molecule has 0 spiro atoms. The summed E-state index contributed by atoms with van der Waals surface area (Å²) in [6.07, 6.45) is 4.01. The van der Waals surface area contributed by atoms with E-state index in [4.69, 9.17) is 16.4 Å². The maximum atomic E-state index is 12.0. The number of alkyl halides is 1. The Kier molecular flexibility index (Phi) is 5.08. The third-order valence-corrected chi connectivity index (χ3v) is 3.30. The fourth-order valence-electron chi connectivity index (χ4n) is 3.02. The quantitative estimate of drug-likeness (QED) is 0.575. The first-order valence-corrected chi connectivity index (χ1v) is 7.37. The first-order valence-electron chi connectivity index (χ1n) is 6.84. The lowest BCUT2D eigenvalue weighted by molar-refractivity contribution is -0.187. The van der Waals surface area contributed by atoms with Gasteiger partial charge in [-0.1, -0.05) is 33.8 Å². The van der Waals surface area contributed by atoms with Gasteiger partial charge in [-0.3, -0.25) is 9.63 Å². The van der Waals surface area contributed by atoms with Crippen molar-refractivity contribution in [1.29, 1.82) is 0 Å². The molecule has 0 aromatic carbocycles. The lowest BCUT2D eigenvalue weighted by Gasteiger charge is -2.41. The van der Waals surface area contributed by atoms with E-state index in [9.17, 15) is 4.79 Å². The molecule has 1 amide bonds.